The van der Waals surface area contributed by atoms with Crippen LogP contribution >= 0.6 is 0 Å². The minimum absolute atomic E-state index is 0.961. The van der Waals surface area contributed by atoms with E-state index in [2.05, 4.69) is 86.7 Å². The lowest BCUT2D eigenvalue weighted by molar-refractivity contribution is 1.23. The zero-order valence-electron chi connectivity index (χ0n) is 13.9. The van der Waals surface area contributed by atoms with E-state index in [0.29, 0.717) is 0 Å². The highest BCUT2D eigenvalue weighted by molar-refractivity contribution is 6.41. The van der Waals surface area contributed by atoms with E-state index in [1.165, 1.54) is 16.2 Å². The molecule has 0 spiro atoms. The molecular weight excluding hydrogens is 324 g/mol. The Bertz CT molecular complexity index is 1310. The van der Waals surface area contributed by atoms with Crippen molar-refractivity contribution in [3.8, 4) is 0 Å². The number of hydrogen-bond donors (Lipinski definition) is 4. The maximum atomic E-state index is 3.52. The van der Waals surface area contributed by atoms with Gasteiger partial charge in [0.25, 0.3) is 0 Å². The van der Waals surface area contributed by atoms with Gasteiger partial charge >= 0.3 is 0 Å². The van der Waals surface area contributed by atoms with Crippen molar-refractivity contribution in [1.82, 2.24) is 19.9 Å². The molecule has 122 valence electrons. The quantitative estimate of drug-likeness (QED) is 0.306. The van der Waals surface area contributed by atoms with E-state index in [-0.39, 0.29) is 0 Å². The Morgan fingerprint density at radius 2 is 1.08 bits per heavy atom. The summed E-state index contributed by atoms with van der Waals surface area (Å²) < 4.78 is 0. The summed E-state index contributed by atoms with van der Waals surface area (Å²) in [5, 5.41) is 5.78. The Balaban J connectivity index is 1.82. The summed E-state index contributed by atoms with van der Waals surface area (Å²) in [5.41, 5.74) is 4.45. The van der Waals surface area contributed by atoms with Crippen LogP contribution in [0.25, 0.3) is 23.4 Å². The molecule has 5 heterocycles. The molecule has 0 radical (unpaired) electrons. The predicted molar refractivity (Wildman–Crippen MR) is 105 cm³/mol. The fourth-order valence-corrected chi connectivity index (χ4v) is 3.86. The summed E-state index contributed by atoms with van der Waals surface area (Å²) in [7, 11) is 0.961. The topological polar surface area (TPSA) is 63.2 Å². The normalized spacial score (nSPS) is 13.2. The van der Waals surface area contributed by atoms with Crippen molar-refractivity contribution in [3.05, 3.63) is 92.7 Å². The monoisotopic (exact) mass is 342 g/mol. The Labute approximate surface area is 146 Å². The Morgan fingerprint density at radius 3 is 1.80 bits per heavy atom. The molecule has 0 fully saturated rings. The first-order valence-electron chi connectivity index (χ1n) is 8.37. The van der Waals surface area contributed by atoms with Gasteiger partial charge < -0.3 is 19.9 Å². The Hall–Kier alpha value is -3.18. The summed E-state index contributed by atoms with van der Waals surface area (Å²) in [6.07, 6.45) is 6.38. The lowest BCUT2D eigenvalue weighted by Gasteiger charge is -1.96. The molecule has 1 aliphatic heterocycles. The van der Waals surface area contributed by atoms with Crippen molar-refractivity contribution < 1.29 is 0 Å². The fourth-order valence-electron chi connectivity index (χ4n) is 3.27. The van der Waals surface area contributed by atoms with Crippen molar-refractivity contribution in [3.63, 3.8) is 0 Å². The smallest absolute Gasteiger partial charge is 0.0439 e. The SMILES string of the molecule is [SiH3]C1=c2ccc([nH]2)=Cc2ccc([nH]2)C=c2ccc([nH]2)=Cc2ccc1[nH]2. The van der Waals surface area contributed by atoms with E-state index in [0.717, 1.165) is 43.4 Å². The average Bonchev–Trinajstić information content (AvgIpc) is 3.36. The number of aromatic nitrogens is 4. The molecule has 4 N–H and O–H groups in total. The van der Waals surface area contributed by atoms with E-state index >= 15 is 0 Å². The third-order valence-corrected chi connectivity index (χ3v) is 5.70. The minimum atomic E-state index is 0.961. The molecule has 0 atom stereocenters. The largest absolute Gasteiger partial charge is 0.356 e. The molecule has 0 unspecified atom stereocenters. The molecule has 5 heteroatoms. The van der Waals surface area contributed by atoms with Crippen LogP contribution in [0.3, 0.4) is 0 Å². The second kappa shape index (κ2) is 5.43. The summed E-state index contributed by atoms with van der Waals surface area (Å²) in [6, 6.07) is 17.0. The van der Waals surface area contributed by atoms with Crippen LogP contribution in [0.15, 0.2) is 48.5 Å². The lowest BCUT2D eigenvalue weighted by Crippen LogP contribution is -2.14. The number of fused-ring (bicyclic) bond motifs is 8. The third-order valence-electron chi connectivity index (χ3n) is 4.62. The molecule has 25 heavy (non-hydrogen) atoms. The highest BCUT2D eigenvalue weighted by Crippen LogP contribution is 2.08. The highest BCUT2D eigenvalue weighted by Gasteiger charge is 2.02. The zero-order chi connectivity index (χ0) is 16.8. The van der Waals surface area contributed by atoms with Crippen molar-refractivity contribution >= 4 is 33.7 Å². The van der Waals surface area contributed by atoms with Gasteiger partial charge in [-0.3, -0.25) is 0 Å². The fraction of sp³-hybridized carbons (Fsp3) is 0. The zero-order valence-corrected chi connectivity index (χ0v) is 15.9. The van der Waals surface area contributed by atoms with Gasteiger partial charge in [0, 0.05) is 54.4 Å². The molecule has 0 amide bonds. The van der Waals surface area contributed by atoms with Crippen molar-refractivity contribution in [2.24, 2.45) is 0 Å². The molecule has 0 aliphatic carbocycles. The standard InChI is InChI=1S/C20H18N4Si/c25-20-18-7-5-16(23-18)10-14-3-1-12(21-14)9-13-2-4-15(22-13)11-17-6-8-19(20)24-17/h1-11,21-24H,25H3. The van der Waals surface area contributed by atoms with E-state index < -0.39 is 0 Å². The van der Waals surface area contributed by atoms with E-state index in [1.807, 2.05) is 0 Å². The van der Waals surface area contributed by atoms with Gasteiger partial charge in [0.05, 0.1) is 0 Å². The molecule has 4 aromatic rings. The van der Waals surface area contributed by atoms with Gasteiger partial charge in [0.2, 0.25) is 0 Å². The van der Waals surface area contributed by atoms with Crippen LogP contribution in [0.4, 0.5) is 0 Å². The molecule has 8 bridgehead atoms. The molecular formula is C20H18N4Si. The summed E-state index contributed by atoms with van der Waals surface area (Å²) >= 11 is 0. The van der Waals surface area contributed by atoms with Crippen LogP contribution in [-0.2, 0) is 0 Å². The van der Waals surface area contributed by atoms with Gasteiger partial charge in [0.15, 0.2) is 0 Å². The summed E-state index contributed by atoms with van der Waals surface area (Å²) in [4.78, 5) is 13.9. The van der Waals surface area contributed by atoms with Gasteiger partial charge in [-0.1, -0.05) is 0 Å². The number of nitrogens with one attached hydrogen (secondary N) is 4. The van der Waals surface area contributed by atoms with Crippen LogP contribution in [0.1, 0.15) is 22.8 Å². The molecule has 5 rings (SSSR count). The van der Waals surface area contributed by atoms with E-state index in [9.17, 15) is 0 Å². The number of aromatic amines is 4. The first-order chi connectivity index (χ1) is 12.2. The first-order valence-corrected chi connectivity index (χ1v) is 9.37. The van der Waals surface area contributed by atoms with Gasteiger partial charge in [-0.25, -0.2) is 0 Å². The van der Waals surface area contributed by atoms with Gasteiger partial charge in [-0.15, -0.1) is 0 Å². The molecule has 1 aliphatic rings. The second-order valence-electron chi connectivity index (χ2n) is 6.45. The van der Waals surface area contributed by atoms with Crippen molar-refractivity contribution in [1.29, 1.82) is 0 Å². The predicted octanol–water partition coefficient (Wildman–Crippen LogP) is -0.679. The van der Waals surface area contributed by atoms with Gasteiger partial charge in [0.1, 0.15) is 0 Å². The van der Waals surface area contributed by atoms with Crippen LogP contribution in [0.5, 0.6) is 0 Å². The highest BCUT2D eigenvalue weighted by atomic mass is 28.1. The van der Waals surface area contributed by atoms with Crippen LogP contribution in [-0.4, -0.2) is 30.2 Å². The molecule has 0 saturated carbocycles. The van der Waals surface area contributed by atoms with Crippen molar-refractivity contribution in [2.45, 2.75) is 0 Å². The number of hydrogen-bond acceptors (Lipinski definition) is 0. The number of rotatable bonds is 0. The summed E-state index contributed by atoms with van der Waals surface area (Å²) in [6.45, 7) is 0. The van der Waals surface area contributed by atoms with Crippen LogP contribution in [0, 0.1) is 0 Å². The summed E-state index contributed by atoms with van der Waals surface area (Å²) in [5.74, 6) is 0. The van der Waals surface area contributed by atoms with E-state index in [1.54, 1.807) is 0 Å². The van der Waals surface area contributed by atoms with E-state index in [4.69, 9.17) is 0 Å². The van der Waals surface area contributed by atoms with Gasteiger partial charge in [-0.2, -0.15) is 0 Å². The molecule has 0 saturated heterocycles. The number of H-pyrrole nitrogens is 4. The first kappa shape index (κ1) is 14.2. The molecule has 4 nitrogen and oxygen atoms in total. The Morgan fingerprint density at radius 1 is 0.520 bits per heavy atom. The van der Waals surface area contributed by atoms with Gasteiger partial charge in [-0.05, 0) is 72.0 Å². The average molecular weight is 342 g/mol. The maximum Gasteiger partial charge on any atom is 0.0439 e. The lowest BCUT2D eigenvalue weighted by atomic mass is 10.3. The second-order valence-corrected chi connectivity index (χ2v) is 7.45. The molecule has 4 aromatic heterocycles. The van der Waals surface area contributed by atoms with Crippen LogP contribution in [0.2, 0.25) is 0 Å². The van der Waals surface area contributed by atoms with Crippen molar-refractivity contribution in [2.75, 3.05) is 0 Å². The molecule has 0 aromatic carbocycles. The minimum Gasteiger partial charge on any atom is -0.356 e. The van der Waals surface area contributed by atoms with Crippen LogP contribution < -0.4 is 21.4 Å². The maximum absolute atomic E-state index is 3.52. The Kier molecular flexibility index (Phi) is 3.08. The third kappa shape index (κ3) is 2.64.